The molecule has 19 heavy (non-hydrogen) atoms. The van der Waals surface area contributed by atoms with Crippen LogP contribution in [0.3, 0.4) is 0 Å². The lowest BCUT2D eigenvalue weighted by Gasteiger charge is -2.43. The second kappa shape index (κ2) is 5.28. The monoisotopic (exact) mass is 283 g/mol. The van der Waals surface area contributed by atoms with Gasteiger partial charge in [0.2, 0.25) is 0 Å². The third-order valence-corrected chi connectivity index (χ3v) is 5.56. The van der Waals surface area contributed by atoms with Gasteiger partial charge in [0.15, 0.2) is 0 Å². The highest BCUT2D eigenvalue weighted by Crippen LogP contribution is 2.57. The van der Waals surface area contributed by atoms with Crippen molar-refractivity contribution in [2.45, 2.75) is 20.8 Å². The van der Waals surface area contributed by atoms with Gasteiger partial charge in [-0.2, -0.15) is 0 Å². The van der Waals surface area contributed by atoms with E-state index in [1.165, 1.54) is 7.11 Å². The Labute approximate surface area is 115 Å². The van der Waals surface area contributed by atoms with E-state index in [2.05, 4.69) is 20.8 Å². The van der Waals surface area contributed by atoms with E-state index >= 15 is 0 Å². The van der Waals surface area contributed by atoms with Gasteiger partial charge < -0.3 is 0 Å². The molecule has 0 N–H and O–H groups in total. The molecule has 5 heteroatoms. The van der Waals surface area contributed by atoms with Crippen molar-refractivity contribution in [2.75, 3.05) is 24.9 Å². The van der Waals surface area contributed by atoms with Crippen LogP contribution >= 0.6 is 7.75 Å². The molecule has 0 bridgehead atoms. The molecule has 4 nitrogen and oxygen atoms in total. The maximum absolute atomic E-state index is 12.7. The van der Waals surface area contributed by atoms with Crippen molar-refractivity contribution in [3.8, 4) is 0 Å². The van der Waals surface area contributed by atoms with E-state index < -0.39 is 7.75 Å². The summed E-state index contributed by atoms with van der Waals surface area (Å²) in [7, 11) is -1.76. The van der Waals surface area contributed by atoms with Crippen molar-refractivity contribution >= 4 is 13.4 Å². The molecular weight excluding hydrogens is 261 g/mol. The van der Waals surface area contributed by atoms with Crippen LogP contribution in [-0.2, 0) is 13.6 Å². The molecule has 0 amide bonds. The van der Waals surface area contributed by atoms with Gasteiger partial charge in [0.05, 0.1) is 6.61 Å². The third-order valence-electron chi connectivity index (χ3n) is 3.64. The summed E-state index contributed by atoms with van der Waals surface area (Å²) in [6, 6.07) is 9.65. The van der Waals surface area contributed by atoms with Crippen molar-refractivity contribution in [3.05, 3.63) is 30.3 Å². The fraction of sp³-hybridized carbons (Fsp3) is 0.571. The molecule has 1 aromatic carbocycles. The molecule has 106 valence electrons. The molecule has 1 aromatic rings. The number of hydrogen-bond acceptors (Lipinski definition) is 3. The predicted octanol–water partition coefficient (Wildman–Crippen LogP) is 3.94. The second-order valence-corrected chi connectivity index (χ2v) is 7.97. The number of rotatable bonds is 2. The standard InChI is InChI=1S/C14H22NO3P/c1-14(2,3)12-10-15(13-8-6-5-7-9-13)19(16,17-4)18-11-12/h5-9,12H,10-11H2,1-4H3/t12?,19-/m1/s1. The van der Waals surface area contributed by atoms with Crippen molar-refractivity contribution in [2.24, 2.45) is 11.3 Å². The second-order valence-electron chi connectivity index (χ2n) is 5.93. The van der Waals surface area contributed by atoms with E-state index in [1.54, 1.807) is 4.67 Å². The van der Waals surface area contributed by atoms with Gasteiger partial charge in [-0.05, 0) is 17.5 Å². The summed E-state index contributed by atoms with van der Waals surface area (Å²) >= 11 is 0. The molecule has 2 atom stereocenters. The summed E-state index contributed by atoms with van der Waals surface area (Å²) in [4.78, 5) is 0. The molecule has 1 heterocycles. The summed E-state index contributed by atoms with van der Waals surface area (Å²) in [5, 5.41) is 0. The van der Waals surface area contributed by atoms with Gasteiger partial charge in [-0.1, -0.05) is 39.0 Å². The van der Waals surface area contributed by atoms with Crippen LogP contribution in [0.15, 0.2) is 30.3 Å². The number of anilines is 1. The van der Waals surface area contributed by atoms with E-state index in [0.29, 0.717) is 19.1 Å². The van der Waals surface area contributed by atoms with Gasteiger partial charge in [-0.3, -0.25) is 13.7 Å². The molecular formula is C14H22NO3P. The molecule has 1 aliphatic heterocycles. The van der Waals surface area contributed by atoms with Gasteiger partial charge >= 0.3 is 7.75 Å². The van der Waals surface area contributed by atoms with E-state index in [-0.39, 0.29) is 5.41 Å². The van der Waals surface area contributed by atoms with Crippen LogP contribution in [0.1, 0.15) is 20.8 Å². The molecule has 2 rings (SSSR count). The minimum absolute atomic E-state index is 0.103. The lowest BCUT2D eigenvalue weighted by atomic mass is 9.81. The zero-order chi connectivity index (χ0) is 14.1. The molecule has 0 aliphatic carbocycles. The highest BCUT2D eigenvalue weighted by Gasteiger charge is 2.43. The number of benzene rings is 1. The Kier molecular flexibility index (Phi) is 4.05. The van der Waals surface area contributed by atoms with E-state index in [4.69, 9.17) is 9.05 Å². The quantitative estimate of drug-likeness (QED) is 0.771. The zero-order valence-electron chi connectivity index (χ0n) is 12.0. The normalized spacial score (nSPS) is 28.4. The summed E-state index contributed by atoms with van der Waals surface area (Å²) in [6.45, 7) is 7.67. The fourth-order valence-corrected chi connectivity index (χ4v) is 3.76. The number of nitrogens with zero attached hydrogens (tertiary/aromatic N) is 1. The average Bonchev–Trinajstić information content (AvgIpc) is 2.39. The summed E-state index contributed by atoms with van der Waals surface area (Å²) in [5.41, 5.74) is 0.980. The van der Waals surface area contributed by atoms with Crippen LogP contribution in [0.5, 0.6) is 0 Å². The van der Waals surface area contributed by atoms with Gasteiger partial charge in [-0.15, -0.1) is 0 Å². The molecule has 1 unspecified atom stereocenters. The van der Waals surface area contributed by atoms with E-state index in [9.17, 15) is 4.57 Å². The lowest BCUT2D eigenvalue weighted by Crippen LogP contribution is -2.41. The molecule has 1 fully saturated rings. The molecule has 0 radical (unpaired) electrons. The first-order valence-electron chi connectivity index (χ1n) is 6.50. The molecule has 1 saturated heterocycles. The Morgan fingerprint density at radius 3 is 2.47 bits per heavy atom. The van der Waals surface area contributed by atoms with Crippen LogP contribution in [0.25, 0.3) is 0 Å². The summed E-state index contributed by atoms with van der Waals surface area (Å²) < 4.78 is 25.2. The van der Waals surface area contributed by atoms with Crippen molar-refractivity contribution in [1.82, 2.24) is 0 Å². The zero-order valence-corrected chi connectivity index (χ0v) is 12.9. The molecule has 0 saturated carbocycles. The molecule has 0 spiro atoms. The Morgan fingerprint density at radius 1 is 1.32 bits per heavy atom. The minimum Gasteiger partial charge on any atom is -0.296 e. The van der Waals surface area contributed by atoms with E-state index in [1.807, 2.05) is 30.3 Å². The lowest BCUT2D eigenvalue weighted by molar-refractivity contribution is 0.112. The van der Waals surface area contributed by atoms with Crippen molar-refractivity contribution < 1.29 is 13.6 Å². The SMILES string of the molecule is CO[P@@]1(=O)OCC(C(C)(C)C)CN1c1ccccc1. The smallest absolute Gasteiger partial charge is 0.296 e. The van der Waals surface area contributed by atoms with Gasteiger partial charge in [0.25, 0.3) is 0 Å². The Hall–Kier alpha value is -0.830. The summed E-state index contributed by atoms with van der Waals surface area (Å²) in [6.07, 6.45) is 0. The largest absolute Gasteiger partial charge is 0.435 e. The average molecular weight is 283 g/mol. The number of para-hydroxylation sites is 1. The minimum atomic E-state index is -3.20. The van der Waals surface area contributed by atoms with Gasteiger partial charge in [-0.25, -0.2) is 4.57 Å². The Morgan fingerprint density at radius 2 is 1.95 bits per heavy atom. The first kappa shape index (κ1) is 14.6. The predicted molar refractivity (Wildman–Crippen MR) is 77.3 cm³/mol. The maximum atomic E-state index is 12.7. The third kappa shape index (κ3) is 3.02. The Bertz CT molecular complexity index is 469. The van der Waals surface area contributed by atoms with Crippen LogP contribution in [0.2, 0.25) is 0 Å². The summed E-state index contributed by atoms with van der Waals surface area (Å²) in [5.74, 6) is 0.310. The number of hydrogen-bond donors (Lipinski definition) is 0. The fourth-order valence-electron chi connectivity index (χ4n) is 2.14. The van der Waals surface area contributed by atoms with Crippen molar-refractivity contribution in [1.29, 1.82) is 0 Å². The maximum Gasteiger partial charge on any atom is 0.435 e. The molecule has 0 aromatic heterocycles. The van der Waals surface area contributed by atoms with E-state index in [0.717, 1.165) is 5.69 Å². The van der Waals surface area contributed by atoms with Gasteiger partial charge in [0.1, 0.15) is 0 Å². The van der Waals surface area contributed by atoms with Crippen LogP contribution in [-0.4, -0.2) is 20.3 Å². The van der Waals surface area contributed by atoms with Crippen LogP contribution < -0.4 is 4.67 Å². The van der Waals surface area contributed by atoms with Crippen molar-refractivity contribution in [3.63, 3.8) is 0 Å². The van der Waals surface area contributed by atoms with Crippen LogP contribution in [0, 0.1) is 11.3 Å². The topological polar surface area (TPSA) is 38.8 Å². The van der Waals surface area contributed by atoms with Crippen LogP contribution in [0.4, 0.5) is 5.69 Å². The first-order chi connectivity index (χ1) is 8.87. The molecule has 1 aliphatic rings. The first-order valence-corrected chi connectivity index (χ1v) is 8.00. The Balaban J connectivity index is 2.32. The highest BCUT2D eigenvalue weighted by atomic mass is 31.2. The highest BCUT2D eigenvalue weighted by molar-refractivity contribution is 7.55. The van der Waals surface area contributed by atoms with Gasteiger partial charge in [0, 0.05) is 25.3 Å².